The third kappa shape index (κ3) is 5.44. The summed E-state index contributed by atoms with van der Waals surface area (Å²) in [7, 11) is -1.23. The first-order valence-corrected chi connectivity index (χ1v) is 13.2. The van der Waals surface area contributed by atoms with E-state index in [1.54, 1.807) is 0 Å². The predicted octanol–water partition coefficient (Wildman–Crippen LogP) is 4.48. The summed E-state index contributed by atoms with van der Waals surface area (Å²) < 4.78 is 17.4. The molecule has 1 fully saturated rings. The molecule has 3 atom stereocenters. The molecule has 0 bridgehead atoms. The van der Waals surface area contributed by atoms with Crippen molar-refractivity contribution < 1.29 is 19.0 Å². The Bertz CT molecular complexity index is 567. The Morgan fingerprint density at radius 2 is 2.15 bits per heavy atom. The van der Waals surface area contributed by atoms with Crippen LogP contribution in [0.3, 0.4) is 0 Å². The quantitative estimate of drug-likeness (QED) is 0.544. The smallest absolute Gasteiger partial charge is 0.407 e. The van der Waals surface area contributed by atoms with Gasteiger partial charge in [-0.25, -0.2) is 4.79 Å². The number of hydrogen-bond donors (Lipinski definition) is 1. The summed E-state index contributed by atoms with van der Waals surface area (Å²) in [6, 6.07) is 0.956. The molecule has 1 saturated heterocycles. The lowest BCUT2D eigenvalue weighted by Crippen LogP contribution is -2.57. The van der Waals surface area contributed by atoms with Crippen molar-refractivity contribution in [2.45, 2.75) is 76.7 Å². The zero-order valence-corrected chi connectivity index (χ0v) is 18.2. The second kappa shape index (κ2) is 7.86. The predicted molar refractivity (Wildman–Crippen MR) is 107 cm³/mol. The number of allylic oxidation sites excluding steroid dienone is 1. The summed E-state index contributed by atoms with van der Waals surface area (Å²) in [5, 5.41) is 3.10. The summed E-state index contributed by atoms with van der Waals surface area (Å²) in [5.41, 5.74) is 0.721. The molecule has 1 heterocycles. The van der Waals surface area contributed by atoms with Gasteiger partial charge in [-0.3, -0.25) is 0 Å². The minimum absolute atomic E-state index is 0.0660. The Kier molecular flexibility index (Phi) is 6.41. The van der Waals surface area contributed by atoms with E-state index in [9.17, 15) is 4.79 Å². The fraction of sp³-hybridized carbons (Fsp3) is 0.750. The molecule has 0 aromatic heterocycles. The topological polar surface area (TPSA) is 56.8 Å². The van der Waals surface area contributed by atoms with Gasteiger partial charge in [0.25, 0.3) is 0 Å². The van der Waals surface area contributed by atoms with Crippen molar-refractivity contribution in [1.29, 1.82) is 0 Å². The molecule has 0 unspecified atom stereocenters. The van der Waals surface area contributed by atoms with Crippen LogP contribution in [0, 0.1) is 5.92 Å². The molecule has 0 aromatic carbocycles. The highest BCUT2D eigenvalue weighted by atomic mass is 28.3. The summed E-state index contributed by atoms with van der Waals surface area (Å²) in [6.07, 6.45) is 5.08. The highest BCUT2D eigenvalue weighted by Crippen LogP contribution is 2.41. The summed E-state index contributed by atoms with van der Waals surface area (Å²) >= 11 is 0. The van der Waals surface area contributed by atoms with Crippen LogP contribution in [0.4, 0.5) is 4.79 Å². The maximum Gasteiger partial charge on any atom is 0.407 e. The Morgan fingerprint density at radius 1 is 1.46 bits per heavy atom. The molecular formula is C20H35NO4Si. The van der Waals surface area contributed by atoms with E-state index in [4.69, 9.17) is 14.2 Å². The Hall–Kier alpha value is -1.11. The number of amides is 1. The van der Waals surface area contributed by atoms with E-state index in [1.807, 2.05) is 19.9 Å². The van der Waals surface area contributed by atoms with Crippen molar-refractivity contribution in [1.82, 2.24) is 5.32 Å². The van der Waals surface area contributed by atoms with Gasteiger partial charge >= 0.3 is 6.09 Å². The molecule has 1 amide bonds. The Labute approximate surface area is 159 Å². The molecule has 0 saturated carbocycles. The molecule has 1 N–H and O–H groups in total. The number of nitrogens with one attached hydrogen (secondary N) is 1. The number of carbonyl (C=O) groups is 1. The molecule has 2 rings (SSSR count). The number of carbonyl (C=O) groups excluding carboxylic acids is 1. The maximum atomic E-state index is 12.5. The van der Waals surface area contributed by atoms with Crippen molar-refractivity contribution >= 4 is 14.2 Å². The lowest BCUT2D eigenvalue weighted by molar-refractivity contribution is -0.147. The van der Waals surface area contributed by atoms with Crippen molar-refractivity contribution in [3.63, 3.8) is 0 Å². The van der Waals surface area contributed by atoms with Crippen molar-refractivity contribution in [2.75, 3.05) is 13.2 Å². The van der Waals surface area contributed by atoms with Crippen LogP contribution in [0.15, 0.2) is 24.3 Å². The third-order valence-electron chi connectivity index (χ3n) is 5.26. The van der Waals surface area contributed by atoms with Gasteiger partial charge in [-0.1, -0.05) is 37.4 Å². The SMILES string of the molecule is C=C[C@]1(NC(=O)OCC[Si](C)(C)C)CC=C(C)C[C@@H]1[C@H]1COC(C)(C)O1. The number of alkyl carbamates (subject to hydrolysis) is 1. The standard InChI is InChI=1S/C20H35NO4Si/c1-8-20(21-18(22)23-11-12-26(5,6)7)10-9-15(2)13-16(20)17-14-24-19(3,4)25-17/h8-9,16-17H,1,10-14H2,2-7H3,(H,21,22)/t16-,17-,20+/m1/s1. The molecular weight excluding hydrogens is 346 g/mol. The van der Waals surface area contributed by atoms with E-state index in [0.29, 0.717) is 19.6 Å². The van der Waals surface area contributed by atoms with Crippen LogP contribution in [-0.2, 0) is 14.2 Å². The molecule has 0 spiro atoms. The molecule has 0 radical (unpaired) electrons. The van der Waals surface area contributed by atoms with E-state index < -0.39 is 19.4 Å². The van der Waals surface area contributed by atoms with Gasteiger partial charge in [0.1, 0.15) is 0 Å². The summed E-state index contributed by atoms with van der Waals surface area (Å²) in [5.74, 6) is -0.527. The molecule has 5 nitrogen and oxygen atoms in total. The molecule has 6 heteroatoms. The normalized spacial score (nSPS) is 31.2. The fourth-order valence-corrected chi connectivity index (χ4v) is 4.30. The van der Waals surface area contributed by atoms with Crippen LogP contribution >= 0.6 is 0 Å². The van der Waals surface area contributed by atoms with Gasteiger partial charge in [0.15, 0.2) is 5.79 Å². The summed E-state index contributed by atoms with van der Waals surface area (Å²) in [4.78, 5) is 12.5. The fourth-order valence-electron chi connectivity index (χ4n) is 3.59. The van der Waals surface area contributed by atoms with Crippen LogP contribution in [-0.4, -0.2) is 44.8 Å². The van der Waals surface area contributed by atoms with E-state index >= 15 is 0 Å². The molecule has 1 aliphatic carbocycles. The average molecular weight is 382 g/mol. The van der Waals surface area contributed by atoms with Gasteiger partial charge in [-0.2, -0.15) is 0 Å². The van der Waals surface area contributed by atoms with E-state index in [1.165, 1.54) is 5.57 Å². The van der Waals surface area contributed by atoms with Gasteiger partial charge in [0.2, 0.25) is 0 Å². The monoisotopic (exact) mass is 381 g/mol. The Balaban J connectivity index is 2.09. The molecule has 1 aliphatic heterocycles. The Morgan fingerprint density at radius 3 is 2.69 bits per heavy atom. The van der Waals surface area contributed by atoms with Gasteiger partial charge in [-0.15, -0.1) is 6.58 Å². The second-order valence-electron chi connectivity index (χ2n) is 9.25. The van der Waals surface area contributed by atoms with Gasteiger partial charge in [0.05, 0.1) is 24.9 Å². The first kappa shape index (κ1) is 21.2. The number of hydrogen-bond acceptors (Lipinski definition) is 4. The minimum atomic E-state index is -1.23. The highest BCUT2D eigenvalue weighted by molar-refractivity contribution is 6.76. The van der Waals surface area contributed by atoms with Gasteiger partial charge in [-0.05, 0) is 39.7 Å². The molecule has 148 valence electrons. The number of ether oxygens (including phenoxy) is 3. The van der Waals surface area contributed by atoms with Crippen LogP contribution in [0.2, 0.25) is 25.7 Å². The van der Waals surface area contributed by atoms with E-state index in [0.717, 1.165) is 12.5 Å². The average Bonchev–Trinajstić information content (AvgIpc) is 2.87. The molecule has 2 aliphatic rings. The second-order valence-corrected chi connectivity index (χ2v) is 14.9. The van der Waals surface area contributed by atoms with Crippen LogP contribution < -0.4 is 5.32 Å². The van der Waals surface area contributed by atoms with Crippen molar-refractivity contribution in [3.05, 3.63) is 24.3 Å². The van der Waals surface area contributed by atoms with E-state index in [2.05, 4.69) is 44.5 Å². The van der Waals surface area contributed by atoms with Crippen LogP contribution in [0.5, 0.6) is 0 Å². The largest absolute Gasteiger partial charge is 0.450 e. The lowest BCUT2D eigenvalue weighted by Gasteiger charge is -2.43. The van der Waals surface area contributed by atoms with Crippen molar-refractivity contribution in [2.24, 2.45) is 5.92 Å². The first-order chi connectivity index (χ1) is 12.0. The van der Waals surface area contributed by atoms with Gasteiger partial charge < -0.3 is 19.5 Å². The maximum absolute atomic E-state index is 12.5. The summed E-state index contributed by atoms with van der Waals surface area (Å²) in [6.45, 7) is 17.8. The van der Waals surface area contributed by atoms with E-state index in [-0.39, 0.29) is 18.1 Å². The lowest BCUT2D eigenvalue weighted by atomic mass is 9.71. The zero-order chi connectivity index (χ0) is 19.6. The van der Waals surface area contributed by atoms with Crippen LogP contribution in [0.25, 0.3) is 0 Å². The first-order valence-electron chi connectivity index (χ1n) is 9.52. The van der Waals surface area contributed by atoms with Crippen LogP contribution in [0.1, 0.15) is 33.6 Å². The minimum Gasteiger partial charge on any atom is -0.450 e. The highest BCUT2D eigenvalue weighted by Gasteiger charge is 2.48. The van der Waals surface area contributed by atoms with Crippen molar-refractivity contribution in [3.8, 4) is 0 Å². The zero-order valence-electron chi connectivity index (χ0n) is 17.2. The molecule has 26 heavy (non-hydrogen) atoms. The molecule has 0 aromatic rings. The van der Waals surface area contributed by atoms with Gasteiger partial charge in [0, 0.05) is 14.0 Å². The number of rotatable bonds is 6. The third-order valence-corrected chi connectivity index (χ3v) is 6.96.